The predicted octanol–water partition coefficient (Wildman–Crippen LogP) is 3.71. The zero-order chi connectivity index (χ0) is 11.3. The van der Waals surface area contributed by atoms with E-state index in [0.29, 0.717) is 5.41 Å². The van der Waals surface area contributed by atoms with Gasteiger partial charge in [0.25, 0.3) is 0 Å². The van der Waals surface area contributed by atoms with Gasteiger partial charge in [0.1, 0.15) is 0 Å². The van der Waals surface area contributed by atoms with Gasteiger partial charge in [0.15, 0.2) is 0 Å². The van der Waals surface area contributed by atoms with Crippen molar-refractivity contribution < 1.29 is 5.11 Å². The van der Waals surface area contributed by atoms with Crippen LogP contribution in [-0.4, -0.2) is 22.7 Å². The number of rotatable bonds is 4. The van der Waals surface area contributed by atoms with Gasteiger partial charge in [-0.05, 0) is 54.9 Å². The summed E-state index contributed by atoms with van der Waals surface area (Å²) in [5, 5.41) is 9.96. The second kappa shape index (κ2) is 6.15. The van der Waals surface area contributed by atoms with Crippen molar-refractivity contribution in [2.24, 2.45) is 11.3 Å². The molecule has 0 aliphatic carbocycles. The third kappa shape index (κ3) is 6.47. The molecule has 0 aromatic heterocycles. The second-order valence-corrected chi connectivity index (χ2v) is 7.27. The summed E-state index contributed by atoms with van der Waals surface area (Å²) >= 11 is 2.06. The van der Waals surface area contributed by atoms with Crippen molar-refractivity contribution >= 4 is 11.8 Å². The third-order valence-corrected chi connectivity index (χ3v) is 4.22. The fourth-order valence-electron chi connectivity index (χ4n) is 2.08. The molecule has 0 aromatic carbocycles. The molecule has 15 heavy (non-hydrogen) atoms. The number of thioether (sulfide) groups is 1. The molecule has 1 heterocycles. The van der Waals surface area contributed by atoms with Crippen LogP contribution < -0.4 is 0 Å². The van der Waals surface area contributed by atoms with E-state index in [9.17, 15) is 5.11 Å². The highest BCUT2D eigenvalue weighted by Gasteiger charge is 2.19. The Morgan fingerprint density at radius 1 is 1.27 bits per heavy atom. The highest BCUT2D eigenvalue weighted by atomic mass is 32.2. The first-order valence-corrected chi connectivity index (χ1v) is 7.39. The van der Waals surface area contributed by atoms with Crippen LogP contribution in [0.15, 0.2) is 0 Å². The Kier molecular flexibility index (Phi) is 5.48. The largest absolute Gasteiger partial charge is 0.393 e. The Balaban J connectivity index is 2.14. The Hall–Kier alpha value is 0.310. The van der Waals surface area contributed by atoms with E-state index in [1.54, 1.807) is 0 Å². The van der Waals surface area contributed by atoms with Gasteiger partial charge in [0.05, 0.1) is 6.10 Å². The zero-order valence-corrected chi connectivity index (χ0v) is 11.3. The molecule has 0 saturated carbocycles. The van der Waals surface area contributed by atoms with Gasteiger partial charge in [-0.25, -0.2) is 0 Å². The average Bonchev–Trinajstić information content (AvgIpc) is 2.15. The van der Waals surface area contributed by atoms with E-state index in [0.717, 1.165) is 25.2 Å². The second-order valence-electron chi connectivity index (χ2n) is 6.04. The lowest BCUT2D eigenvalue weighted by atomic mass is 9.86. The summed E-state index contributed by atoms with van der Waals surface area (Å²) in [6.07, 6.45) is 5.73. The van der Waals surface area contributed by atoms with Crippen LogP contribution in [0.2, 0.25) is 0 Å². The van der Waals surface area contributed by atoms with Crippen molar-refractivity contribution in [1.29, 1.82) is 0 Å². The number of aliphatic hydroxyl groups is 1. The maximum Gasteiger partial charge on any atom is 0.0543 e. The molecule has 1 aliphatic heterocycles. The van der Waals surface area contributed by atoms with Crippen molar-refractivity contribution in [3.63, 3.8) is 0 Å². The van der Waals surface area contributed by atoms with E-state index in [1.807, 2.05) is 0 Å². The minimum atomic E-state index is -0.0580. The van der Waals surface area contributed by atoms with E-state index in [-0.39, 0.29) is 6.10 Å². The normalized spacial score (nSPS) is 21.6. The van der Waals surface area contributed by atoms with Crippen LogP contribution in [0.25, 0.3) is 0 Å². The number of hydrogen-bond acceptors (Lipinski definition) is 2. The average molecular weight is 230 g/mol. The Labute approximate surface area is 99.0 Å². The molecule has 0 aromatic rings. The van der Waals surface area contributed by atoms with Gasteiger partial charge in [-0.3, -0.25) is 0 Å². The summed E-state index contributed by atoms with van der Waals surface area (Å²) < 4.78 is 0. The summed E-state index contributed by atoms with van der Waals surface area (Å²) in [5.74, 6) is 3.40. The summed E-state index contributed by atoms with van der Waals surface area (Å²) in [6, 6.07) is 0. The highest BCUT2D eigenvalue weighted by Crippen LogP contribution is 2.29. The third-order valence-electron chi connectivity index (χ3n) is 3.17. The van der Waals surface area contributed by atoms with Crippen LogP contribution in [0.5, 0.6) is 0 Å². The van der Waals surface area contributed by atoms with Crippen molar-refractivity contribution in [1.82, 2.24) is 0 Å². The van der Waals surface area contributed by atoms with Crippen LogP contribution in [0.3, 0.4) is 0 Å². The van der Waals surface area contributed by atoms with Gasteiger partial charge in [0, 0.05) is 0 Å². The molecule has 0 bridgehead atoms. The molecule has 0 radical (unpaired) electrons. The molecule has 1 atom stereocenters. The number of hydrogen-bond donors (Lipinski definition) is 1. The summed E-state index contributed by atoms with van der Waals surface area (Å²) in [6.45, 7) is 6.74. The molecule has 2 heteroatoms. The van der Waals surface area contributed by atoms with E-state index in [1.165, 1.54) is 24.3 Å². The summed E-state index contributed by atoms with van der Waals surface area (Å²) in [7, 11) is 0. The predicted molar refractivity (Wildman–Crippen MR) is 69.4 cm³/mol. The van der Waals surface area contributed by atoms with Crippen molar-refractivity contribution in [2.45, 2.75) is 59.0 Å². The minimum Gasteiger partial charge on any atom is -0.393 e. The Bertz CT molecular complexity index is 168. The maximum atomic E-state index is 9.96. The molecule has 1 N–H and O–H groups in total. The molecule has 1 fully saturated rings. The van der Waals surface area contributed by atoms with Crippen LogP contribution >= 0.6 is 11.8 Å². The quantitative estimate of drug-likeness (QED) is 0.794. The van der Waals surface area contributed by atoms with Crippen LogP contribution in [-0.2, 0) is 0 Å². The van der Waals surface area contributed by atoms with E-state index >= 15 is 0 Å². The zero-order valence-electron chi connectivity index (χ0n) is 10.5. The molecular weight excluding hydrogens is 204 g/mol. The van der Waals surface area contributed by atoms with Crippen molar-refractivity contribution in [3.8, 4) is 0 Å². The Morgan fingerprint density at radius 3 is 2.40 bits per heavy atom. The minimum absolute atomic E-state index is 0.0580. The topological polar surface area (TPSA) is 20.2 Å². The van der Waals surface area contributed by atoms with Crippen LogP contribution in [0, 0.1) is 11.3 Å². The van der Waals surface area contributed by atoms with Crippen LogP contribution in [0.4, 0.5) is 0 Å². The molecule has 1 nitrogen and oxygen atoms in total. The van der Waals surface area contributed by atoms with Crippen molar-refractivity contribution in [2.75, 3.05) is 11.5 Å². The fourth-order valence-corrected chi connectivity index (χ4v) is 3.29. The van der Waals surface area contributed by atoms with Gasteiger partial charge in [-0.2, -0.15) is 11.8 Å². The van der Waals surface area contributed by atoms with Crippen molar-refractivity contribution in [3.05, 3.63) is 0 Å². The smallest absolute Gasteiger partial charge is 0.0543 e. The van der Waals surface area contributed by atoms with E-state index in [2.05, 4.69) is 32.5 Å². The number of aliphatic hydroxyl groups excluding tert-OH is 1. The molecular formula is C13H26OS. The summed E-state index contributed by atoms with van der Waals surface area (Å²) in [4.78, 5) is 0. The monoisotopic (exact) mass is 230 g/mol. The lowest BCUT2D eigenvalue weighted by Crippen LogP contribution is -2.19. The first kappa shape index (κ1) is 13.4. The van der Waals surface area contributed by atoms with Gasteiger partial charge in [0.2, 0.25) is 0 Å². The highest BCUT2D eigenvalue weighted by molar-refractivity contribution is 7.99. The first-order chi connectivity index (χ1) is 6.97. The summed E-state index contributed by atoms with van der Waals surface area (Å²) in [5.41, 5.74) is 0.364. The maximum absolute atomic E-state index is 9.96. The van der Waals surface area contributed by atoms with E-state index in [4.69, 9.17) is 0 Å². The van der Waals surface area contributed by atoms with Gasteiger partial charge < -0.3 is 5.11 Å². The molecule has 1 saturated heterocycles. The lowest BCUT2D eigenvalue weighted by Gasteiger charge is -2.25. The first-order valence-electron chi connectivity index (χ1n) is 6.23. The SMILES string of the molecule is CC(C)(C)CCC(O)CC1CCSCC1. The standard InChI is InChI=1S/C13H26OS/c1-13(2,3)7-4-12(14)10-11-5-8-15-9-6-11/h11-12,14H,4-10H2,1-3H3. The fraction of sp³-hybridized carbons (Fsp3) is 1.00. The molecule has 1 aliphatic rings. The molecule has 0 spiro atoms. The van der Waals surface area contributed by atoms with Crippen LogP contribution in [0.1, 0.15) is 52.9 Å². The Morgan fingerprint density at radius 2 is 1.87 bits per heavy atom. The lowest BCUT2D eigenvalue weighted by molar-refractivity contribution is 0.115. The van der Waals surface area contributed by atoms with Gasteiger partial charge in [-0.1, -0.05) is 20.8 Å². The molecule has 1 unspecified atom stereocenters. The van der Waals surface area contributed by atoms with E-state index < -0.39 is 0 Å². The van der Waals surface area contributed by atoms with Gasteiger partial charge in [-0.15, -0.1) is 0 Å². The molecule has 90 valence electrons. The molecule has 0 amide bonds. The molecule has 1 rings (SSSR count). The van der Waals surface area contributed by atoms with Gasteiger partial charge >= 0.3 is 0 Å².